The molecule has 4 aromatic rings. The Labute approximate surface area is 206 Å². The normalized spacial score (nSPS) is 15.0. The Bertz CT molecular complexity index is 1290. The summed E-state index contributed by atoms with van der Waals surface area (Å²) in [6.45, 7) is 0.407. The fourth-order valence-electron chi connectivity index (χ4n) is 5.31. The molecule has 1 saturated carbocycles. The number of carbonyl (C=O) groups is 2. The van der Waals surface area contributed by atoms with E-state index >= 15 is 0 Å². The molecule has 1 heterocycles. The first-order chi connectivity index (χ1) is 17.2. The molecule has 1 aromatic heterocycles. The van der Waals surface area contributed by atoms with Crippen molar-refractivity contribution in [3.8, 4) is 0 Å². The van der Waals surface area contributed by atoms with Crippen molar-refractivity contribution in [1.29, 1.82) is 0 Å². The van der Waals surface area contributed by atoms with Gasteiger partial charge < -0.3 is 15.2 Å². The van der Waals surface area contributed by atoms with Gasteiger partial charge >= 0.3 is 0 Å². The van der Waals surface area contributed by atoms with Crippen molar-refractivity contribution in [2.24, 2.45) is 0 Å². The number of H-pyrrole nitrogens is 1. The molecule has 5 nitrogen and oxygen atoms in total. The van der Waals surface area contributed by atoms with Gasteiger partial charge in [-0.3, -0.25) is 9.59 Å². The summed E-state index contributed by atoms with van der Waals surface area (Å²) in [6, 6.07) is 27.5. The number of hydrogen-bond acceptors (Lipinski definition) is 2. The molecular formula is C30H31N3O2. The van der Waals surface area contributed by atoms with Crippen LogP contribution in [0.1, 0.15) is 43.2 Å². The Kier molecular flexibility index (Phi) is 6.66. The molecule has 5 rings (SSSR count). The Hall–Kier alpha value is -3.86. The third-order valence-corrected chi connectivity index (χ3v) is 7.15. The van der Waals surface area contributed by atoms with Gasteiger partial charge in [0.05, 0.1) is 6.42 Å². The molecule has 0 aliphatic heterocycles. The smallest absolute Gasteiger partial charge is 0.250 e. The quantitative estimate of drug-likeness (QED) is 0.347. The van der Waals surface area contributed by atoms with E-state index in [4.69, 9.17) is 0 Å². The molecule has 5 heteroatoms. The molecule has 0 radical (unpaired) electrons. The number of rotatable bonds is 7. The number of nitrogens with one attached hydrogen (secondary N) is 2. The van der Waals surface area contributed by atoms with Crippen molar-refractivity contribution >= 4 is 28.4 Å². The summed E-state index contributed by atoms with van der Waals surface area (Å²) in [4.78, 5) is 33.1. The summed E-state index contributed by atoms with van der Waals surface area (Å²) < 4.78 is 0. The van der Waals surface area contributed by atoms with Crippen molar-refractivity contribution in [3.63, 3.8) is 0 Å². The SMILES string of the molecule is O=C(Cc1c[nH]c2ccccc12)N(Cc1ccccc1)C1(C(=O)Nc2ccccc2)CCCCC1. The van der Waals surface area contributed by atoms with E-state index in [9.17, 15) is 9.59 Å². The van der Waals surface area contributed by atoms with E-state index in [-0.39, 0.29) is 18.2 Å². The zero-order valence-electron chi connectivity index (χ0n) is 19.9. The standard InChI is InChI=1S/C30H31N3O2/c34-28(20-24-21-31-27-17-9-8-16-26(24)27)33(22-23-12-4-1-5-13-23)30(18-10-3-11-19-30)29(35)32-25-14-6-2-7-15-25/h1-2,4-9,12-17,21,31H,3,10-11,18-20,22H2,(H,32,35). The fraction of sp³-hybridized carbons (Fsp3) is 0.267. The van der Waals surface area contributed by atoms with Gasteiger partial charge in [0.25, 0.3) is 0 Å². The predicted octanol–water partition coefficient (Wildman–Crippen LogP) is 6.08. The van der Waals surface area contributed by atoms with Crippen LogP contribution in [-0.4, -0.2) is 27.2 Å². The zero-order valence-corrected chi connectivity index (χ0v) is 19.9. The molecule has 2 amide bonds. The number of anilines is 1. The van der Waals surface area contributed by atoms with E-state index in [1.165, 1.54) is 0 Å². The average molecular weight is 466 g/mol. The maximum atomic E-state index is 14.1. The van der Waals surface area contributed by atoms with Crippen LogP contribution < -0.4 is 5.32 Å². The minimum absolute atomic E-state index is 0.0243. The molecule has 0 saturated heterocycles. The van der Waals surface area contributed by atoms with Gasteiger partial charge in [-0.1, -0.05) is 86.0 Å². The topological polar surface area (TPSA) is 65.2 Å². The van der Waals surface area contributed by atoms with Crippen LogP contribution in [0.25, 0.3) is 10.9 Å². The van der Waals surface area contributed by atoms with Crippen LogP contribution in [0.3, 0.4) is 0 Å². The molecule has 1 aliphatic rings. The number of aromatic nitrogens is 1. The Morgan fingerprint density at radius 3 is 2.23 bits per heavy atom. The highest BCUT2D eigenvalue weighted by Gasteiger charge is 2.47. The minimum Gasteiger partial charge on any atom is -0.361 e. The highest BCUT2D eigenvalue weighted by Crippen LogP contribution is 2.37. The number of fused-ring (bicyclic) bond motifs is 1. The Morgan fingerprint density at radius 1 is 0.829 bits per heavy atom. The minimum atomic E-state index is -0.882. The van der Waals surface area contributed by atoms with Crippen LogP contribution in [0.5, 0.6) is 0 Å². The van der Waals surface area contributed by atoms with Crippen LogP contribution in [0.4, 0.5) is 5.69 Å². The molecule has 0 bridgehead atoms. The van der Waals surface area contributed by atoms with Gasteiger partial charge in [-0.05, 0) is 42.2 Å². The Balaban J connectivity index is 1.51. The first-order valence-electron chi connectivity index (χ1n) is 12.4. The maximum Gasteiger partial charge on any atom is 0.250 e. The van der Waals surface area contributed by atoms with Gasteiger partial charge in [-0.25, -0.2) is 0 Å². The van der Waals surface area contributed by atoms with E-state index in [0.717, 1.165) is 47.0 Å². The highest BCUT2D eigenvalue weighted by molar-refractivity contribution is 6.01. The summed E-state index contributed by atoms with van der Waals surface area (Å²) in [5.41, 5.74) is 2.87. The maximum absolute atomic E-state index is 14.1. The van der Waals surface area contributed by atoms with Crippen molar-refractivity contribution in [3.05, 3.63) is 102 Å². The summed E-state index contributed by atoms with van der Waals surface area (Å²) in [7, 11) is 0. The van der Waals surface area contributed by atoms with Crippen molar-refractivity contribution in [2.75, 3.05) is 5.32 Å². The molecular weight excluding hydrogens is 434 g/mol. The van der Waals surface area contributed by atoms with Crippen LogP contribution in [-0.2, 0) is 22.6 Å². The summed E-state index contributed by atoms with van der Waals surface area (Å²) >= 11 is 0. The third kappa shape index (κ3) is 4.85. The van der Waals surface area contributed by atoms with E-state index < -0.39 is 5.54 Å². The number of carbonyl (C=O) groups excluding carboxylic acids is 2. The number of aromatic amines is 1. The van der Waals surface area contributed by atoms with Crippen LogP contribution in [0.15, 0.2) is 91.1 Å². The first-order valence-corrected chi connectivity index (χ1v) is 12.4. The summed E-state index contributed by atoms with van der Waals surface area (Å²) in [5, 5.41) is 4.17. The van der Waals surface area contributed by atoms with Gasteiger partial charge in [-0.2, -0.15) is 0 Å². The summed E-state index contributed by atoms with van der Waals surface area (Å²) in [5.74, 6) is -0.115. The first kappa shape index (κ1) is 22.9. The summed E-state index contributed by atoms with van der Waals surface area (Å²) in [6.07, 6.45) is 6.42. The van der Waals surface area contributed by atoms with Gasteiger partial charge in [0, 0.05) is 29.3 Å². The molecule has 1 aliphatic carbocycles. The molecule has 0 unspecified atom stereocenters. The van der Waals surface area contributed by atoms with Crippen LogP contribution >= 0.6 is 0 Å². The largest absolute Gasteiger partial charge is 0.361 e. The van der Waals surface area contributed by atoms with Gasteiger partial charge in [0.1, 0.15) is 5.54 Å². The van der Waals surface area contributed by atoms with Crippen molar-refractivity contribution in [1.82, 2.24) is 9.88 Å². The van der Waals surface area contributed by atoms with E-state index in [2.05, 4.69) is 10.3 Å². The predicted molar refractivity (Wildman–Crippen MR) is 140 cm³/mol. The molecule has 0 spiro atoms. The lowest BCUT2D eigenvalue weighted by Crippen LogP contribution is -2.60. The van der Waals surface area contributed by atoms with Gasteiger partial charge in [0.15, 0.2) is 0 Å². The van der Waals surface area contributed by atoms with E-state index in [1.54, 1.807) is 0 Å². The van der Waals surface area contributed by atoms with Gasteiger partial charge in [-0.15, -0.1) is 0 Å². The molecule has 3 aromatic carbocycles. The van der Waals surface area contributed by atoms with E-state index in [0.29, 0.717) is 19.4 Å². The Morgan fingerprint density at radius 2 is 1.49 bits per heavy atom. The number of nitrogens with zero attached hydrogens (tertiary/aromatic N) is 1. The molecule has 0 atom stereocenters. The number of benzene rings is 3. The molecule has 2 N–H and O–H groups in total. The second kappa shape index (κ2) is 10.2. The average Bonchev–Trinajstić information content (AvgIpc) is 3.31. The highest BCUT2D eigenvalue weighted by atomic mass is 16.2. The fourth-order valence-corrected chi connectivity index (χ4v) is 5.31. The number of para-hydroxylation sites is 2. The lowest BCUT2D eigenvalue weighted by molar-refractivity contribution is -0.148. The lowest BCUT2D eigenvalue weighted by atomic mass is 9.78. The molecule has 178 valence electrons. The molecule has 35 heavy (non-hydrogen) atoms. The lowest BCUT2D eigenvalue weighted by Gasteiger charge is -2.45. The third-order valence-electron chi connectivity index (χ3n) is 7.15. The van der Waals surface area contributed by atoms with Crippen molar-refractivity contribution in [2.45, 2.75) is 50.6 Å². The van der Waals surface area contributed by atoms with E-state index in [1.807, 2.05) is 96.0 Å². The molecule has 1 fully saturated rings. The van der Waals surface area contributed by atoms with Gasteiger partial charge in [0.2, 0.25) is 11.8 Å². The monoisotopic (exact) mass is 465 g/mol. The van der Waals surface area contributed by atoms with Crippen LogP contribution in [0, 0.1) is 0 Å². The second-order valence-electron chi connectivity index (χ2n) is 9.41. The number of amides is 2. The number of hydrogen-bond donors (Lipinski definition) is 2. The second-order valence-corrected chi connectivity index (χ2v) is 9.41. The zero-order chi connectivity index (χ0) is 24.1. The van der Waals surface area contributed by atoms with Crippen LogP contribution in [0.2, 0.25) is 0 Å². The van der Waals surface area contributed by atoms with Crippen molar-refractivity contribution < 1.29 is 9.59 Å².